The van der Waals surface area contributed by atoms with Crippen molar-refractivity contribution in [3.05, 3.63) is 80.6 Å². The van der Waals surface area contributed by atoms with Crippen molar-refractivity contribution in [1.82, 2.24) is 19.4 Å². The number of hydrogen-bond donors (Lipinski definition) is 6. The van der Waals surface area contributed by atoms with Gasteiger partial charge in [0.2, 0.25) is 6.29 Å². The van der Waals surface area contributed by atoms with E-state index in [4.69, 9.17) is 28.7 Å². The zero-order valence-electron chi connectivity index (χ0n) is 34.9. The molecule has 0 bridgehead atoms. The van der Waals surface area contributed by atoms with E-state index in [9.17, 15) is 49.5 Å². The van der Waals surface area contributed by atoms with Gasteiger partial charge in [0, 0.05) is 42.7 Å². The van der Waals surface area contributed by atoms with Crippen LogP contribution in [-0.2, 0) is 55.6 Å². The predicted octanol–water partition coefficient (Wildman–Crippen LogP) is 2.56. The van der Waals surface area contributed by atoms with Crippen LogP contribution in [0.2, 0.25) is 0 Å². The Bertz CT molecular complexity index is 2600. The lowest BCUT2D eigenvalue weighted by atomic mass is 9.86. The highest BCUT2D eigenvalue weighted by Gasteiger charge is 2.49. The number of aliphatic carboxylic acids is 1. The molecule has 6 heterocycles. The summed E-state index contributed by atoms with van der Waals surface area (Å²) in [7, 11) is 0. The van der Waals surface area contributed by atoms with Crippen LogP contribution in [-0.4, -0.2) is 130 Å². The minimum Gasteiger partial charge on any atom is -0.479 e. The van der Waals surface area contributed by atoms with Crippen LogP contribution in [0.1, 0.15) is 55.0 Å². The summed E-state index contributed by atoms with van der Waals surface area (Å²) in [6.45, 7) is 6.04. The first-order valence-corrected chi connectivity index (χ1v) is 21.9. The number of nitrogens with zero attached hydrogens (tertiary/aromatic N) is 4. The number of aliphatic hydroxyl groups is 4. The molecular formula is C43H46IN5O15. The van der Waals surface area contributed by atoms with Crippen molar-refractivity contribution in [3.63, 3.8) is 0 Å². The SMILES string of the molecule is CCc1c2c(nc3ccc(OC(=O)N4CCN(C(=O)OCc5ccc(O[C@@H]6O[C@H](C(=O)O)[C@@H](O)[C@H](O)[C@H]6O)c(N[C@@H](C)I)c5)CC4)cc13)-c1cc3c(c(=O)n1C2)COC(=O)[C@]3(O)CC. The number of nitrogens with one attached hydrogen (secondary N) is 1. The standard InChI is InChI=1S/C43H46IN5O15/c1-4-23-24-15-22(7-8-28(24)46-32-25(23)17-49-30(32)16-27-26(37(49)53)19-60-40(56)43(27,59)5-2)62-42(58)48-12-10-47(11-13-48)41(57)61-18-21-6-9-31(29(14-21)45-20(3)44)63-39-35(52)33(50)34(51)36(64-39)38(54)55/h6-9,14-16,20,33-36,39,45,50-52,59H,4-5,10-13,17-19H2,1-3H3,(H,54,55)/t20-,33-,34-,35+,36-,39+,43-/m0/s1. The fraction of sp³-hybridized carbons (Fsp3) is 0.442. The third-order valence-corrected chi connectivity index (χ3v) is 12.3. The number of amides is 2. The number of piperazine rings is 1. The third kappa shape index (κ3) is 8.19. The van der Waals surface area contributed by atoms with Gasteiger partial charge in [-0.15, -0.1) is 0 Å². The Morgan fingerprint density at radius 3 is 2.36 bits per heavy atom. The second-order valence-electron chi connectivity index (χ2n) is 15.9. The molecule has 0 spiro atoms. The molecule has 2 fully saturated rings. The summed E-state index contributed by atoms with van der Waals surface area (Å²) in [4.78, 5) is 72.2. The van der Waals surface area contributed by atoms with E-state index in [1.807, 2.05) is 13.8 Å². The Morgan fingerprint density at radius 2 is 1.69 bits per heavy atom. The number of pyridine rings is 2. The van der Waals surface area contributed by atoms with E-state index in [2.05, 4.69) is 27.9 Å². The smallest absolute Gasteiger partial charge is 0.415 e. The van der Waals surface area contributed by atoms with Gasteiger partial charge < -0.3 is 68.9 Å². The number of carbonyl (C=O) groups is 4. The highest BCUT2D eigenvalue weighted by molar-refractivity contribution is 14.1. The number of ether oxygens (including phenoxy) is 5. The lowest BCUT2D eigenvalue weighted by Crippen LogP contribution is -2.61. The molecule has 20 nitrogen and oxygen atoms in total. The Kier molecular flexibility index (Phi) is 12.5. The van der Waals surface area contributed by atoms with Crippen LogP contribution in [0.4, 0.5) is 15.3 Å². The van der Waals surface area contributed by atoms with Crippen molar-refractivity contribution in [2.24, 2.45) is 0 Å². The molecule has 0 aliphatic carbocycles. The number of rotatable bonds is 10. The molecule has 21 heteroatoms. The molecule has 2 aromatic heterocycles. The maximum Gasteiger partial charge on any atom is 0.415 e. The van der Waals surface area contributed by atoms with Crippen molar-refractivity contribution in [2.75, 3.05) is 31.5 Å². The zero-order valence-corrected chi connectivity index (χ0v) is 37.0. The second kappa shape index (κ2) is 17.8. The van der Waals surface area contributed by atoms with Crippen LogP contribution in [0, 0.1) is 0 Å². The minimum atomic E-state index is -1.94. The average Bonchev–Trinajstić information content (AvgIpc) is 3.65. The molecular weight excluding hydrogens is 953 g/mol. The number of cyclic esters (lactones) is 1. The molecule has 7 atom stereocenters. The van der Waals surface area contributed by atoms with E-state index in [-0.39, 0.29) is 84.6 Å². The molecule has 6 N–H and O–H groups in total. The zero-order chi connectivity index (χ0) is 45.8. The molecule has 0 saturated carbocycles. The van der Waals surface area contributed by atoms with Crippen LogP contribution in [0.15, 0.2) is 47.3 Å². The molecule has 8 rings (SSSR count). The number of esters is 1. The summed E-state index contributed by atoms with van der Waals surface area (Å²) in [5.74, 6) is -1.91. The summed E-state index contributed by atoms with van der Waals surface area (Å²) in [5, 5.41) is 55.2. The molecule has 4 aliphatic rings. The summed E-state index contributed by atoms with van der Waals surface area (Å²) in [5.41, 5.74) is 2.54. The van der Waals surface area contributed by atoms with Gasteiger partial charge in [-0.05, 0) is 67.3 Å². The highest BCUT2D eigenvalue weighted by Crippen LogP contribution is 2.41. The molecule has 2 saturated heterocycles. The number of fused-ring (bicyclic) bond motifs is 5. The maximum atomic E-state index is 13.7. The molecule has 0 radical (unpaired) electrons. The average molecular weight is 1000 g/mol. The monoisotopic (exact) mass is 999 g/mol. The molecule has 4 aromatic rings. The number of hydrogen-bond acceptors (Lipinski definition) is 16. The maximum absolute atomic E-state index is 13.7. The number of carboxylic acids is 1. The number of aliphatic hydroxyl groups excluding tert-OH is 3. The largest absolute Gasteiger partial charge is 0.479 e. The van der Waals surface area contributed by atoms with Gasteiger partial charge in [-0.3, -0.25) is 4.79 Å². The fourth-order valence-corrected chi connectivity index (χ4v) is 8.79. The Balaban J connectivity index is 0.891. The van der Waals surface area contributed by atoms with Crippen molar-refractivity contribution >= 4 is 63.3 Å². The predicted molar refractivity (Wildman–Crippen MR) is 232 cm³/mol. The van der Waals surface area contributed by atoms with E-state index < -0.39 is 60.4 Å². The summed E-state index contributed by atoms with van der Waals surface area (Å²) in [6, 6.07) is 11.5. The molecule has 2 amide bonds. The Morgan fingerprint density at radius 1 is 0.969 bits per heavy atom. The topological polar surface area (TPSA) is 269 Å². The van der Waals surface area contributed by atoms with Crippen molar-refractivity contribution in [3.8, 4) is 22.9 Å². The number of carbonyl (C=O) groups excluding carboxylic acids is 3. The van der Waals surface area contributed by atoms with Crippen molar-refractivity contribution in [2.45, 2.75) is 93.7 Å². The molecule has 4 aliphatic heterocycles. The van der Waals surface area contributed by atoms with E-state index in [1.54, 1.807) is 47.9 Å². The van der Waals surface area contributed by atoms with Gasteiger partial charge in [-0.25, -0.2) is 24.2 Å². The van der Waals surface area contributed by atoms with Gasteiger partial charge in [-0.1, -0.05) is 42.5 Å². The van der Waals surface area contributed by atoms with Crippen LogP contribution in [0.25, 0.3) is 22.3 Å². The van der Waals surface area contributed by atoms with Gasteiger partial charge in [0.05, 0.1) is 38.7 Å². The number of aryl methyl sites for hydroxylation is 1. The number of halogens is 1. The van der Waals surface area contributed by atoms with E-state index in [1.165, 1.54) is 15.9 Å². The number of anilines is 1. The second-order valence-corrected chi connectivity index (χ2v) is 17.8. The van der Waals surface area contributed by atoms with Crippen LogP contribution in [0.3, 0.4) is 0 Å². The lowest BCUT2D eigenvalue weighted by Gasteiger charge is -2.38. The van der Waals surface area contributed by atoms with E-state index in [0.29, 0.717) is 34.6 Å². The summed E-state index contributed by atoms with van der Waals surface area (Å²) >= 11 is 2.10. The first kappa shape index (κ1) is 45.0. The van der Waals surface area contributed by atoms with Crippen molar-refractivity contribution in [1.29, 1.82) is 0 Å². The van der Waals surface area contributed by atoms with Gasteiger partial charge in [0.15, 0.2) is 11.7 Å². The van der Waals surface area contributed by atoms with Gasteiger partial charge >= 0.3 is 24.1 Å². The first-order valence-electron chi connectivity index (χ1n) is 20.7. The molecule has 340 valence electrons. The summed E-state index contributed by atoms with van der Waals surface area (Å²) in [6.07, 6.45) is -9.54. The molecule has 64 heavy (non-hydrogen) atoms. The Hall–Kier alpha value is -5.59. The minimum absolute atomic E-state index is 0.0337. The quantitative estimate of drug-likeness (QED) is 0.0508. The van der Waals surface area contributed by atoms with Gasteiger partial charge in [-0.2, -0.15) is 0 Å². The lowest BCUT2D eigenvalue weighted by molar-refractivity contribution is -0.271. The van der Waals surface area contributed by atoms with Crippen LogP contribution >= 0.6 is 22.6 Å². The molecule has 2 aromatic carbocycles. The van der Waals surface area contributed by atoms with E-state index in [0.717, 1.165) is 16.5 Å². The van der Waals surface area contributed by atoms with Gasteiger partial charge in [0.1, 0.15) is 43.0 Å². The fourth-order valence-electron chi connectivity index (χ4n) is 8.45. The van der Waals surface area contributed by atoms with Crippen molar-refractivity contribution < 1.29 is 68.4 Å². The van der Waals surface area contributed by atoms with Crippen LogP contribution < -0.4 is 20.3 Å². The van der Waals surface area contributed by atoms with Gasteiger partial charge in [0.25, 0.3) is 5.56 Å². The number of carboxylic acid groups (broad SMARTS) is 1. The number of aromatic nitrogens is 2. The Labute approximate surface area is 378 Å². The van der Waals surface area contributed by atoms with Crippen LogP contribution in [0.5, 0.6) is 11.5 Å². The normalized spacial score (nSPS) is 24.2. The third-order valence-electron chi connectivity index (χ3n) is 11.9. The van der Waals surface area contributed by atoms with E-state index >= 15 is 0 Å². The number of alkyl halides is 1. The summed E-state index contributed by atoms with van der Waals surface area (Å²) < 4.78 is 29.1. The first-order chi connectivity index (χ1) is 30.5. The number of benzene rings is 2. The highest BCUT2D eigenvalue weighted by atomic mass is 127. The molecule has 0 unspecified atom stereocenters.